The predicted octanol–water partition coefficient (Wildman–Crippen LogP) is 4.86. The lowest BCUT2D eigenvalue weighted by molar-refractivity contribution is -0.126. The maximum atomic E-state index is 6.54. The fraction of sp³-hybridized carbons (Fsp3) is 0.625. The number of halogens is 2. The van der Waals surface area contributed by atoms with Gasteiger partial charge in [0, 0.05) is 28.1 Å². The van der Waals surface area contributed by atoms with Gasteiger partial charge in [-0.3, -0.25) is 0 Å². The third-order valence-corrected chi connectivity index (χ3v) is 5.31. The molecule has 1 atom stereocenters. The minimum atomic E-state index is 0.0236. The van der Waals surface area contributed by atoms with Crippen LogP contribution in [-0.4, -0.2) is 18.7 Å². The second-order valence-electron chi connectivity index (χ2n) is 6.00. The smallest absolute Gasteiger partial charge is 0.0971 e. The monoisotopic (exact) mass is 357 g/mol. The van der Waals surface area contributed by atoms with Crippen molar-refractivity contribution in [1.82, 2.24) is 5.32 Å². The molecule has 2 nitrogen and oxygen atoms in total. The summed E-state index contributed by atoms with van der Waals surface area (Å²) in [5, 5.41) is 4.36. The first-order chi connectivity index (χ1) is 9.69. The quantitative estimate of drug-likeness (QED) is 0.774. The van der Waals surface area contributed by atoms with Crippen LogP contribution < -0.4 is 5.32 Å². The summed E-state index contributed by atoms with van der Waals surface area (Å²) < 4.78 is 7.55. The van der Waals surface area contributed by atoms with Crippen molar-refractivity contribution in [2.45, 2.75) is 50.2 Å². The minimum absolute atomic E-state index is 0.0236. The Hall–Kier alpha value is -0.0900. The molecule has 0 aromatic heterocycles. The van der Waals surface area contributed by atoms with E-state index in [-0.39, 0.29) is 11.7 Å². The zero-order valence-corrected chi connectivity index (χ0v) is 14.0. The van der Waals surface area contributed by atoms with Gasteiger partial charge in [0.25, 0.3) is 0 Å². The normalized spacial score (nSPS) is 26.4. The van der Waals surface area contributed by atoms with Crippen molar-refractivity contribution >= 4 is 27.5 Å². The van der Waals surface area contributed by atoms with Gasteiger partial charge in [0.05, 0.1) is 11.7 Å². The van der Waals surface area contributed by atoms with Crippen LogP contribution in [0.3, 0.4) is 0 Å². The summed E-state index contributed by atoms with van der Waals surface area (Å²) in [5.74, 6) is 0. The number of benzene rings is 1. The summed E-state index contributed by atoms with van der Waals surface area (Å²) in [5.41, 5.74) is 1.13. The van der Waals surface area contributed by atoms with E-state index in [1.54, 1.807) is 0 Å². The van der Waals surface area contributed by atoms with Crippen molar-refractivity contribution in [3.05, 3.63) is 33.3 Å². The van der Waals surface area contributed by atoms with E-state index in [0.29, 0.717) is 0 Å². The summed E-state index contributed by atoms with van der Waals surface area (Å²) in [6.45, 7) is 1.83. The van der Waals surface area contributed by atoms with Crippen molar-refractivity contribution in [3.63, 3.8) is 0 Å². The number of nitrogens with one attached hydrogen (secondary N) is 1. The third kappa shape index (κ3) is 3.22. The maximum absolute atomic E-state index is 6.54. The highest BCUT2D eigenvalue weighted by Crippen LogP contribution is 2.39. The molecular weight excluding hydrogens is 338 g/mol. The molecule has 110 valence electrons. The molecule has 0 amide bonds. The highest BCUT2D eigenvalue weighted by molar-refractivity contribution is 9.10. The van der Waals surface area contributed by atoms with Gasteiger partial charge in [-0.1, -0.05) is 59.3 Å². The zero-order chi connectivity index (χ0) is 14.0. The Labute approximate surface area is 134 Å². The van der Waals surface area contributed by atoms with E-state index in [2.05, 4.69) is 27.3 Å². The third-order valence-electron chi connectivity index (χ3n) is 4.49. The molecule has 3 rings (SSSR count). The molecule has 0 radical (unpaired) electrons. The first kappa shape index (κ1) is 14.8. The van der Waals surface area contributed by atoms with Gasteiger partial charge in [-0.2, -0.15) is 0 Å². The van der Waals surface area contributed by atoms with Gasteiger partial charge < -0.3 is 10.1 Å². The van der Waals surface area contributed by atoms with Crippen LogP contribution in [0.15, 0.2) is 22.7 Å². The lowest BCUT2D eigenvalue weighted by Crippen LogP contribution is -2.50. The van der Waals surface area contributed by atoms with Crippen molar-refractivity contribution in [2.75, 3.05) is 13.1 Å². The van der Waals surface area contributed by atoms with Crippen LogP contribution in [0.2, 0.25) is 5.02 Å². The summed E-state index contributed by atoms with van der Waals surface area (Å²) in [6, 6.07) is 6.07. The Bertz CT molecular complexity index is 472. The van der Waals surface area contributed by atoms with E-state index in [1.807, 2.05) is 12.1 Å². The first-order valence-electron chi connectivity index (χ1n) is 7.52. The Morgan fingerprint density at radius 2 is 1.95 bits per heavy atom. The van der Waals surface area contributed by atoms with Crippen molar-refractivity contribution in [2.24, 2.45) is 0 Å². The molecule has 1 N–H and O–H groups in total. The summed E-state index contributed by atoms with van der Waals surface area (Å²) in [4.78, 5) is 0. The van der Waals surface area contributed by atoms with E-state index < -0.39 is 0 Å². The molecule has 2 aliphatic rings. The molecule has 1 spiro atoms. The molecule has 1 heterocycles. The molecule has 1 saturated carbocycles. The number of hydrogen-bond donors (Lipinski definition) is 1. The highest BCUT2D eigenvalue weighted by Gasteiger charge is 2.38. The second-order valence-corrected chi connectivity index (χ2v) is 7.32. The molecule has 0 bridgehead atoms. The van der Waals surface area contributed by atoms with Gasteiger partial charge in [0.1, 0.15) is 0 Å². The Morgan fingerprint density at radius 3 is 2.65 bits per heavy atom. The van der Waals surface area contributed by atoms with Crippen LogP contribution in [0.5, 0.6) is 0 Å². The van der Waals surface area contributed by atoms with E-state index in [9.17, 15) is 0 Å². The Morgan fingerprint density at radius 1 is 1.20 bits per heavy atom. The molecule has 1 saturated heterocycles. The Balaban J connectivity index is 1.80. The molecule has 2 fully saturated rings. The standard InChI is InChI=1S/C16H21BrClNO/c17-12-5-6-13(14(18)9-12)15-10-19-11-16(20-15)7-3-1-2-4-8-16/h5-6,9,15,19H,1-4,7-8,10-11H2. The van der Waals surface area contributed by atoms with Crippen molar-refractivity contribution < 1.29 is 4.74 Å². The van der Waals surface area contributed by atoms with E-state index in [0.717, 1.165) is 28.1 Å². The molecule has 4 heteroatoms. The molecule has 20 heavy (non-hydrogen) atoms. The molecule has 1 unspecified atom stereocenters. The van der Waals surface area contributed by atoms with Gasteiger partial charge in [0.2, 0.25) is 0 Å². The summed E-state index contributed by atoms with van der Waals surface area (Å²) in [6.07, 6.45) is 7.66. The average Bonchev–Trinajstić information content (AvgIpc) is 2.64. The van der Waals surface area contributed by atoms with Crippen molar-refractivity contribution in [3.8, 4) is 0 Å². The predicted molar refractivity (Wildman–Crippen MR) is 86.3 cm³/mol. The van der Waals surface area contributed by atoms with Crippen LogP contribution in [0.25, 0.3) is 0 Å². The van der Waals surface area contributed by atoms with Crippen LogP contribution in [-0.2, 0) is 4.74 Å². The largest absolute Gasteiger partial charge is 0.364 e. The lowest BCUT2D eigenvalue weighted by atomic mass is 9.91. The van der Waals surface area contributed by atoms with Gasteiger partial charge in [-0.15, -0.1) is 0 Å². The van der Waals surface area contributed by atoms with Crippen molar-refractivity contribution in [1.29, 1.82) is 0 Å². The summed E-state index contributed by atoms with van der Waals surface area (Å²) >= 11 is 9.84. The van der Waals surface area contributed by atoms with Gasteiger partial charge in [-0.05, 0) is 25.0 Å². The lowest BCUT2D eigenvalue weighted by Gasteiger charge is -2.42. The number of ether oxygens (including phenoxy) is 1. The SMILES string of the molecule is Clc1cc(Br)ccc1C1CNCC2(CCCCCC2)O1. The maximum Gasteiger partial charge on any atom is 0.0971 e. The summed E-state index contributed by atoms with van der Waals surface area (Å²) in [7, 11) is 0. The molecule has 1 aromatic rings. The van der Waals surface area contributed by atoms with Crippen LogP contribution in [0, 0.1) is 0 Å². The van der Waals surface area contributed by atoms with Crippen LogP contribution in [0.4, 0.5) is 0 Å². The van der Waals surface area contributed by atoms with E-state index in [1.165, 1.54) is 38.5 Å². The fourth-order valence-corrected chi connectivity index (χ4v) is 4.21. The van der Waals surface area contributed by atoms with Gasteiger partial charge >= 0.3 is 0 Å². The molecule has 1 aliphatic heterocycles. The second kappa shape index (κ2) is 6.35. The van der Waals surface area contributed by atoms with Crippen LogP contribution >= 0.6 is 27.5 Å². The number of rotatable bonds is 1. The van der Waals surface area contributed by atoms with Crippen LogP contribution in [0.1, 0.15) is 50.2 Å². The minimum Gasteiger partial charge on any atom is -0.364 e. The average molecular weight is 359 g/mol. The zero-order valence-electron chi connectivity index (χ0n) is 11.6. The molecule has 1 aliphatic carbocycles. The molecule has 1 aromatic carbocycles. The first-order valence-corrected chi connectivity index (χ1v) is 8.69. The van der Waals surface area contributed by atoms with E-state index >= 15 is 0 Å². The van der Waals surface area contributed by atoms with Gasteiger partial charge in [-0.25, -0.2) is 0 Å². The topological polar surface area (TPSA) is 21.3 Å². The number of morpholine rings is 1. The number of hydrogen-bond acceptors (Lipinski definition) is 2. The van der Waals surface area contributed by atoms with E-state index in [4.69, 9.17) is 16.3 Å². The Kier molecular flexibility index (Phi) is 4.71. The van der Waals surface area contributed by atoms with Gasteiger partial charge in [0.15, 0.2) is 0 Å². The molecular formula is C16H21BrClNO. The highest BCUT2D eigenvalue weighted by atomic mass is 79.9. The fourth-order valence-electron chi connectivity index (χ4n) is 3.42.